The maximum absolute atomic E-state index is 13.5. The minimum Gasteiger partial charge on any atom is -0.496 e. The summed E-state index contributed by atoms with van der Waals surface area (Å²) in [6, 6.07) is 18.5. The molecule has 1 aliphatic rings. The zero-order chi connectivity index (χ0) is 23.5. The lowest BCUT2D eigenvalue weighted by Crippen LogP contribution is -2.41. The van der Waals surface area contributed by atoms with Gasteiger partial charge in [0.25, 0.3) is 5.91 Å². The molecule has 0 bridgehead atoms. The number of carboxylic acids is 1. The Morgan fingerprint density at radius 2 is 1.55 bits per heavy atom. The highest BCUT2D eigenvalue weighted by atomic mass is 35.5. The lowest BCUT2D eigenvalue weighted by atomic mass is 10.0. The zero-order valence-electron chi connectivity index (χ0n) is 18.3. The van der Waals surface area contributed by atoms with Crippen molar-refractivity contribution in [3.63, 3.8) is 0 Å². The number of hydrogen-bond donors (Lipinski definition) is 1. The van der Waals surface area contributed by atoms with Gasteiger partial charge in [0.2, 0.25) is 0 Å². The summed E-state index contributed by atoms with van der Waals surface area (Å²) >= 11 is 6.38. The molecule has 6 nitrogen and oxygen atoms in total. The first kappa shape index (κ1) is 22.7. The van der Waals surface area contributed by atoms with Crippen LogP contribution in [0.25, 0.3) is 11.1 Å². The Labute approximate surface area is 197 Å². The van der Waals surface area contributed by atoms with Crippen LogP contribution >= 0.6 is 11.6 Å². The summed E-state index contributed by atoms with van der Waals surface area (Å²) in [6.45, 7) is 0. The Bertz CT molecular complexity index is 1160. The van der Waals surface area contributed by atoms with Crippen LogP contribution in [0.5, 0.6) is 11.5 Å². The molecule has 7 heteroatoms. The summed E-state index contributed by atoms with van der Waals surface area (Å²) in [4.78, 5) is 26.9. The molecule has 1 N–H and O–H groups in total. The van der Waals surface area contributed by atoms with Gasteiger partial charge in [-0.1, -0.05) is 48.0 Å². The van der Waals surface area contributed by atoms with Crippen LogP contribution in [0.1, 0.15) is 34.8 Å². The van der Waals surface area contributed by atoms with Gasteiger partial charge in [-0.25, -0.2) is 4.79 Å². The van der Waals surface area contributed by atoms with Crippen molar-refractivity contribution in [3.05, 3.63) is 82.9 Å². The van der Waals surface area contributed by atoms with E-state index in [-0.39, 0.29) is 5.91 Å². The highest BCUT2D eigenvalue weighted by Crippen LogP contribution is 2.41. The topological polar surface area (TPSA) is 76.1 Å². The van der Waals surface area contributed by atoms with Crippen molar-refractivity contribution in [2.45, 2.75) is 24.9 Å². The van der Waals surface area contributed by atoms with Gasteiger partial charge in [0, 0.05) is 10.6 Å². The molecule has 1 fully saturated rings. The van der Waals surface area contributed by atoms with Crippen molar-refractivity contribution < 1.29 is 24.2 Å². The van der Waals surface area contributed by atoms with Crippen LogP contribution in [0.3, 0.4) is 0 Å². The molecule has 0 radical (unpaired) electrons. The number of ether oxygens (including phenoxy) is 2. The van der Waals surface area contributed by atoms with Gasteiger partial charge < -0.3 is 19.5 Å². The summed E-state index contributed by atoms with van der Waals surface area (Å²) in [7, 11) is 3.18. The van der Waals surface area contributed by atoms with Gasteiger partial charge in [-0.05, 0) is 54.3 Å². The van der Waals surface area contributed by atoms with Crippen LogP contribution in [-0.4, -0.2) is 42.1 Å². The molecule has 3 aromatic carbocycles. The summed E-state index contributed by atoms with van der Waals surface area (Å²) in [5.41, 5.74) is 2.75. The molecule has 170 valence electrons. The lowest BCUT2D eigenvalue weighted by Gasteiger charge is -2.29. The smallest absolute Gasteiger partial charge is 0.326 e. The van der Waals surface area contributed by atoms with Crippen LogP contribution < -0.4 is 9.47 Å². The summed E-state index contributed by atoms with van der Waals surface area (Å²) in [5, 5.41) is 10.3. The third-order valence-corrected chi connectivity index (χ3v) is 6.36. The van der Waals surface area contributed by atoms with Gasteiger partial charge in [-0.3, -0.25) is 4.79 Å². The number of nitrogens with zero attached hydrogens (tertiary/aromatic N) is 1. The third kappa shape index (κ3) is 4.26. The molecule has 1 saturated heterocycles. The fraction of sp³-hybridized carbons (Fsp3) is 0.231. The molecule has 2 atom stereocenters. The lowest BCUT2D eigenvalue weighted by molar-refractivity contribution is -0.141. The Morgan fingerprint density at radius 3 is 2.12 bits per heavy atom. The van der Waals surface area contributed by atoms with E-state index in [1.54, 1.807) is 32.4 Å². The van der Waals surface area contributed by atoms with Crippen LogP contribution in [0.4, 0.5) is 0 Å². The first-order valence-electron chi connectivity index (χ1n) is 10.6. The van der Waals surface area contributed by atoms with Gasteiger partial charge in [0.05, 0.1) is 25.8 Å². The summed E-state index contributed by atoms with van der Waals surface area (Å²) in [6.07, 6.45) is 0.899. The number of amides is 1. The number of methoxy groups -OCH3 is 2. The first-order valence-corrected chi connectivity index (χ1v) is 11.0. The van der Waals surface area contributed by atoms with E-state index < -0.39 is 18.1 Å². The molecule has 1 unspecified atom stereocenters. The molecule has 1 amide bonds. The molecule has 4 rings (SSSR count). The predicted octanol–water partition coefficient (Wildman–Crippen LogP) is 5.45. The molecule has 0 aromatic heterocycles. The Morgan fingerprint density at radius 1 is 0.909 bits per heavy atom. The zero-order valence-corrected chi connectivity index (χ0v) is 19.1. The van der Waals surface area contributed by atoms with Gasteiger partial charge >= 0.3 is 5.97 Å². The molecule has 0 saturated carbocycles. The van der Waals surface area contributed by atoms with Crippen molar-refractivity contribution in [2.24, 2.45) is 0 Å². The number of aliphatic carboxylic acids is 1. The van der Waals surface area contributed by atoms with Crippen molar-refractivity contribution >= 4 is 23.5 Å². The van der Waals surface area contributed by atoms with E-state index in [0.29, 0.717) is 34.9 Å². The minimum atomic E-state index is -1.02. The van der Waals surface area contributed by atoms with E-state index in [9.17, 15) is 14.7 Å². The van der Waals surface area contributed by atoms with E-state index in [1.807, 2.05) is 48.5 Å². The molecule has 3 aromatic rings. The largest absolute Gasteiger partial charge is 0.496 e. The van der Waals surface area contributed by atoms with Crippen LogP contribution in [0, 0.1) is 0 Å². The number of rotatable bonds is 6. The molecule has 33 heavy (non-hydrogen) atoms. The summed E-state index contributed by atoms with van der Waals surface area (Å²) < 4.78 is 11.0. The van der Waals surface area contributed by atoms with E-state index in [2.05, 4.69) is 0 Å². The first-order chi connectivity index (χ1) is 16.0. The maximum Gasteiger partial charge on any atom is 0.326 e. The Balaban J connectivity index is 1.70. The third-order valence-electron chi connectivity index (χ3n) is 6.02. The summed E-state index contributed by atoms with van der Waals surface area (Å²) in [5.74, 6) is -0.0629. The fourth-order valence-corrected chi connectivity index (χ4v) is 4.71. The number of halogens is 1. The normalized spacial score (nSPS) is 17.6. The van der Waals surface area contributed by atoms with E-state index in [4.69, 9.17) is 21.1 Å². The van der Waals surface area contributed by atoms with Crippen molar-refractivity contribution in [2.75, 3.05) is 14.2 Å². The second-order valence-electron chi connectivity index (χ2n) is 7.80. The van der Waals surface area contributed by atoms with Crippen molar-refractivity contribution in [1.29, 1.82) is 0 Å². The highest BCUT2D eigenvalue weighted by molar-refractivity contribution is 6.31. The minimum absolute atomic E-state index is 0.344. The molecular formula is C26H24ClNO5. The van der Waals surface area contributed by atoms with Crippen LogP contribution in [-0.2, 0) is 4.79 Å². The molecule has 0 spiro atoms. The Hall–Kier alpha value is -3.51. The molecule has 1 aliphatic heterocycles. The van der Waals surface area contributed by atoms with Gasteiger partial charge in [0.15, 0.2) is 0 Å². The quantitative estimate of drug-likeness (QED) is 0.523. The number of carbonyl (C=O) groups is 2. The highest BCUT2D eigenvalue weighted by Gasteiger charge is 2.42. The average Bonchev–Trinajstić information content (AvgIpc) is 3.28. The predicted molar refractivity (Wildman–Crippen MR) is 126 cm³/mol. The molecule has 1 heterocycles. The molecular weight excluding hydrogens is 442 g/mol. The van der Waals surface area contributed by atoms with E-state index >= 15 is 0 Å². The number of carbonyl (C=O) groups excluding carboxylic acids is 1. The van der Waals surface area contributed by atoms with Crippen LogP contribution in [0.2, 0.25) is 5.02 Å². The average molecular weight is 466 g/mol. The van der Waals surface area contributed by atoms with Crippen LogP contribution in [0.15, 0.2) is 66.7 Å². The number of hydrogen-bond acceptors (Lipinski definition) is 4. The monoisotopic (exact) mass is 465 g/mol. The van der Waals surface area contributed by atoms with Gasteiger partial charge in [-0.2, -0.15) is 0 Å². The van der Waals surface area contributed by atoms with Crippen molar-refractivity contribution in [1.82, 2.24) is 4.90 Å². The fourth-order valence-electron chi connectivity index (χ4n) is 4.45. The molecule has 0 aliphatic carbocycles. The van der Waals surface area contributed by atoms with E-state index in [1.165, 1.54) is 4.90 Å². The number of likely N-dealkylation sites (tertiary alicyclic amines) is 1. The maximum atomic E-state index is 13.5. The second kappa shape index (κ2) is 9.55. The standard InChI is InChI=1S/C26H24ClNO5/c1-32-22-8-5-9-23(33-2)24(22)16-10-12-17(13-11-16)25(29)28-20(14-15-21(28)26(30)31)18-6-3-4-7-19(18)27/h3-13,20-21H,14-15H2,1-2H3,(H,30,31)/t20?,21-/m0/s1. The van der Waals surface area contributed by atoms with Gasteiger partial charge in [0.1, 0.15) is 17.5 Å². The van der Waals surface area contributed by atoms with Gasteiger partial charge in [-0.15, -0.1) is 0 Å². The second-order valence-corrected chi connectivity index (χ2v) is 8.20. The van der Waals surface area contributed by atoms with E-state index in [0.717, 1.165) is 16.7 Å². The number of carboxylic acid groups (broad SMARTS) is 1. The number of benzene rings is 3. The SMILES string of the molecule is COc1cccc(OC)c1-c1ccc(C(=O)N2C(c3ccccc3Cl)CC[C@H]2C(=O)O)cc1. The Kier molecular flexibility index (Phi) is 6.56. The van der Waals surface area contributed by atoms with Crippen molar-refractivity contribution in [3.8, 4) is 22.6 Å².